The third kappa shape index (κ3) is 4.90. The van der Waals surface area contributed by atoms with Gasteiger partial charge in [-0.2, -0.15) is 5.10 Å². The highest BCUT2D eigenvalue weighted by Crippen LogP contribution is 2.10. The highest BCUT2D eigenvalue weighted by atomic mass is 16.6. The van der Waals surface area contributed by atoms with Gasteiger partial charge in [0.1, 0.15) is 5.60 Å². The first-order valence-electron chi connectivity index (χ1n) is 6.40. The number of nitrogens with one attached hydrogen (secondary N) is 1. The Hall–Kier alpha value is -1.56. The van der Waals surface area contributed by atoms with Gasteiger partial charge in [-0.3, -0.25) is 4.68 Å². The molecule has 1 heterocycles. The SMILES string of the molecule is Cc1c(CC(CN)NC(=O)OC(C)(C)C)cnn1C. The van der Waals surface area contributed by atoms with Crippen LogP contribution in [0.15, 0.2) is 6.20 Å². The van der Waals surface area contributed by atoms with E-state index in [1.165, 1.54) is 0 Å². The summed E-state index contributed by atoms with van der Waals surface area (Å²) in [5, 5.41) is 6.96. The van der Waals surface area contributed by atoms with Crippen molar-refractivity contribution < 1.29 is 9.53 Å². The zero-order valence-electron chi connectivity index (χ0n) is 12.4. The van der Waals surface area contributed by atoms with Crippen LogP contribution >= 0.6 is 0 Å². The second kappa shape index (κ2) is 6.06. The van der Waals surface area contributed by atoms with Crippen LogP contribution in [0.5, 0.6) is 0 Å². The van der Waals surface area contributed by atoms with Crippen molar-refractivity contribution >= 4 is 6.09 Å². The predicted octanol–water partition coefficient (Wildman–Crippen LogP) is 1.12. The van der Waals surface area contributed by atoms with Gasteiger partial charge in [0.25, 0.3) is 0 Å². The van der Waals surface area contributed by atoms with Crippen LogP contribution in [0.1, 0.15) is 32.0 Å². The van der Waals surface area contributed by atoms with Crippen LogP contribution in [0.25, 0.3) is 0 Å². The Morgan fingerprint density at radius 3 is 2.63 bits per heavy atom. The predicted molar refractivity (Wildman–Crippen MR) is 73.9 cm³/mol. The van der Waals surface area contributed by atoms with Crippen molar-refractivity contribution in [1.29, 1.82) is 0 Å². The molecule has 6 nitrogen and oxygen atoms in total. The zero-order valence-corrected chi connectivity index (χ0v) is 12.4. The van der Waals surface area contributed by atoms with E-state index in [1.54, 1.807) is 10.9 Å². The molecule has 108 valence electrons. The lowest BCUT2D eigenvalue weighted by molar-refractivity contribution is 0.0506. The molecule has 1 aromatic rings. The fraction of sp³-hybridized carbons (Fsp3) is 0.692. The maximum atomic E-state index is 11.7. The first-order valence-corrected chi connectivity index (χ1v) is 6.40. The topological polar surface area (TPSA) is 82.2 Å². The Morgan fingerprint density at radius 1 is 1.58 bits per heavy atom. The number of aromatic nitrogens is 2. The highest BCUT2D eigenvalue weighted by molar-refractivity contribution is 5.68. The van der Waals surface area contributed by atoms with E-state index in [9.17, 15) is 4.79 Å². The summed E-state index contributed by atoms with van der Waals surface area (Å²) in [5.41, 5.74) is 7.34. The summed E-state index contributed by atoms with van der Waals surface area (Å²) in [6.45, 7) is 7.83. The van der Waals surface area contributed by atoms with Crippen LogP contribution in [-0.4, -0.2) is 34.1 Å². The first kappa shape index (κ1) is 15.5. The second-order valence-electron chi connectivity index (χ2n) is 5.66. The second-order valence-corrected chi connectivity index (χ2v) is 5.66. The van der Waals surface area contributed by atoms with E-state index in [2.05, 4.69) is 10.4 Å². The lowest BCUT2D eigenvalue weighted by Crippen LogP contribution is -2.44. The maximum Gasteiger partial charge on any atom is 0.407 e. The number of rotatable bonds is 4. The molecule has 0 saturated heterocycles. The number of ether oxygens (including phenoxy) is 1. The van der Waals surface area contributed by atoms with Crippen molar-refractivity contribution in [1.82, 2.24) is 15.1 Å². The Balaban J connectivity index is 2.59. The van der Waals surface area contributed by atoms with Crippen molar-refractivity contribution in [3.05, 3.63) is 17.5 Å². The third-order valence-corrected chi connectivity index (χ3v) is 2.81. The van der Waals surface area contributed by atoms with Crippen molar-refractivity contribution in [3.63, 3.8) is 0 Å². The molecule has 0 bridgehead atoms. The minimum atomic E-state index is -0.506. The van der Waals surface area contributed by atoms with E-state index < -0.39 is 11.7 Å². The number of hydrogen-bond acceptors (Lipinski definition) is 4. The molecule has 3 N–H and O–H groups in total. The van der Waals surface area contributed by atoms with Gasteiger partial charge >= 0.3 is 6.09 Å². The van der Waals surface area contributed by atoms with E-state index in [1.807, 2.05) is 34.7 Å². The van der Waals surface area contributed by atoms with Crippen LogP contribution in [0, 0.1) is 6.92 Å². The molecule has 1 unspecified atom stereocenters. The number of alkyl carbamates (subject to hydrolysis) is 1. The Labute approximate surface area is 114 Å². The van der Waals surface area contributed by atoms with Crippen molar-refractivity contribution in [2.45, 2.75) is 45.8 Å². The van der Waals surface area contributed by atoms with E-state index in [-0.39, 0.29) is 6.04 Å². The first-order chi connectivity index (χ1) is 8.73. The third-order valence-electron chi connectivity index (χ3n) is 2.81. The molecule has 0 aliphatic rings. The monoisotopic (exact) mass is 268 g/mol. The molecule has 1 rings (SSSR count). The summed E-state index contributed by atoms with van der Waals surface area (Å²) >= 11 is 0. The minimum Gasteiger partial charge on any atom is -0.444 e. The van der Waals surface area contributed by atoms with Crippen LogP contribution in [0.2, 0.25) is 0 Å². The fourth-order valence-corrected chi connectivity index (χ4v) is 1.68. The van der Waals surface area contributed by atoms with Gasteiger partial charge in [0.05, 0.1) is 6.20 Å². The number of carbonyl (C=O) groups is 1. The molecule has 0 aliphatic carbocycles. The normalized spacial score (nSPS) is 13.2. The van der Waals surface area contributed by atoms with Crippen LogP contribution < -0.4 is 11.1 Å². The molecule has 0 spiro atoms. The Bertz CT molecular complexity index is 434. The van der Waals surface area contributed by atoms with Gasteiger partial charge in [0.2, 0.25) is 0 Å². The Kier molecular flexibility index (Phi) is 4.94. The molecule has 1 aromatic heterocycles. The summed E-state index contributed by atoms with van der Waals surface area (Å²) < 4.78 is 7.02. The van der Waals surface area contributed by atoms with Crippen LogP contribution in [0.3, 0.4) is 0 Å². The number of hydrogen-bond donors (Lipinski definition) is 2. The summed E-state index contributed by atoms with van der Waals surface area (Å²) in [7, 11) is 1.89. The van der Waals surface area contributed by atoms with E-state index in [0.29, 0.717) is 13.0 Å². The van der Waals surface area contributed by atoms with Crippen LogP contribution in [-0.2, 0) is 18.2 Å². The van der Waals surface area contributed by atoms with Gasteiger partial charge in [-0.25, -0.2) is 4.79 Å². The van der Waals surface area contributed by atoms with Gasteiger partial charge in [-0.05, 0) is 39.7 Å². The molecule has 0 fully saturated rings. The van der Waals surface area contributed by atoms with E-state index in [4.69, 9.17) is 10.5 Å². The largest absolute Gasteiger partial charge is 0.444 e. The summed E-state index contributed by atoms with van der Waals surface area (Å²) in [6, 6.07) is -0.155. The molecule has 0 aliphatic heterocycles. The molecule has 1 atom stereocenters. The lowest BCUT2D eigenvalue weighted by atomic mass is 10.1. The molecular weight excluding hydrogens is 244 g/mol. The van der Waals surface area contributed by atoms with Gasteiger partial charge in [0.15, 0.2) is 0 Å². The van der Waals surface area contributed by atoms with Gasteiger partial charge < -0.3 is 15.8 Å². The van der Waals surface area contributed by atoms with Crippen molar-refractivity contribution in [2.24, 2.45) is 12.8 Å². The number of aryl methyl sites for hydroxylation is 1. The highest BCUT2D eigenvalue weighted by Gasteiger charge is 2.20. The molecule has 0 aromatic carbocycles. The molecule has 1 amide bonds. The molecule has 19 heavy (non-hydrogen) atoms. The minimum absolute atomic E-state index is 0.155. The summed E-state index contributed by atoms with van der Waals surface area (Å²) in [6.07, 6.45) is 2.01. The standard InChI is InChI=1S/C13H24N4O2/c1-9-10(8-15-17(9)5)6-11(7-14)16-12(18)19-13(2,3)4/h8,11H,6-7,14H2,1-5H3,(H,16,18). The lowest BCUT2D eigenvalue weighted by Gasteiger charge is -2.23. The van der Waals surface area contributed by atoms with Crippen LogP contribution in [0.4, 0.5) is 4.79 Å². The summed E-state index contributed by atoms with van der Waals surface area (Å²) in [5.74, 6) is 0. The number of nitrogens with zero attached hydrogens (tertiary/aromatic N) is 2. The molecule has 0 radical (unpaired) electrons. The summed E-state index contributed by atoms with van der Waals surface area (Å²) in [4.78, 5) is 11.7. The fourth-order valence-electron chi connectivity index (χ4n) is 1.68. The van der Waals surface area contributed by atoms with Crippen molar-refractivity contribution in [2.75, 3.05) is 6.54 Å². The van der Waals surface area contributed by atoms with Gasteiger partial charge in [-0.1, -0.05) is 0 Å². The number of carbonyl (C=O) groups excluding carboxylic acids is 1. The number of nitrogens with two attached hydrogens (primary N) is 1. The smallest absolute Gasteiger partial charge is 0.407 e. The van der Waals surface area contributed by atoms with Gasteiger partial charge in [0, 0.05) is 25.3 Å². The quantitative estimate of drug-likeness (QED) is 0.857. The van der Waals surface area contributed by atoms with E-state index >= 15 is 0 Å². The van der Waals surface area contributed by atoms with Crippen molar-refractivity contribution in [3.8, 4) is 0 Å². The molecule has 0 saturated carbocycles. The maximum absolute atomic E-state index is 11.7. The molecular formula is C13H24N4O2. The number of amides is 1. The average molecular weight is 268 g/mol. The molecule has 6 heteroatoms. The average Bonchev–Trinajstić information content (AvgIpc) is 2.57. The van der Waals surface area contributed by atoms with E-state index in [0.717, 1.165) is 11.3 Å². The Morgan fingerprint density at radius 2 is 2.21 bits per heavy atom. The zero-order chi connectivity index (χ0) is 14.6. The van der Waals surface area contributed by atoms with Gasteiger partial charge in [-0.15, -0.1) is 0 Å².